The molecule has 0 aliphatic carbocycles. The molecule has 2 heterocycles. The van der Waals surface area contributed by atoms with E-state index in [1.54, 1.807) is 36.2 Å². The van der Waals surface area contributed by atoms with E-state index in [9.17, 15) is 19.1 Å². The van der Waals surface area contributed by atoms with Gasteiger partial charge in [0.25, 0.3) is 11.8 Å². The van der Waals surface area contributed by atoms with Gasteiger partial charge in [-0.15, -0.1) is 11.3 Å². The van der Waals surface area contributed by atoms with Crippen LogP contribution in [0.2, 0.25) is 0 Å². The van der Waals surface area contributed by atoms with Gasteiger partial charge in [0.1, 0.15) is 11.2 Å². The number of carbonyl (C=O) groups excluding carboxylic acids is 2. The highest BCUT2D eigenvalue weighted by Crippen LogP contribution is 2.19. The second-order valence-corrected chi connectivity index (χ2v) is 10.2. The summed E-state index contributed by atoms with van der Waals surface area (Å²) in [6.45, 7) is 2.47. The molecule has 2 amide bonds. The number of alkyl halides is 1. The quantitative estimate of drug-likeness (QED) is 0.411. The van der Waals surface area contributed by atoms with Crippen LogP contribution in [-0.2, 0) is 13.0 Å². The first-order valence-corrected chi connectivity index (χ1v) is 12.8. The molecular weight excluding hydrogens is 479 g/mol. The fourth-order valence-electron chi connectivity index (χ4n) is 4.40. The van der Waals surface area contributed by atoms with Crippen molar-refractivity contribution in [2.45, 2.75) is 50.7 Å². The SMILES string of the molecule is Cc1csc(CN(C)C(=O)c2cccc(C(=O)NC(Cc3ccccc3)C(O)C3CC(F)CN3)c2)n1. The number of aryl methyl sites for hydroxylation is 1. The molecule has 7 nitrogen and oxygen atoms in total. The highest BCUT2D eigenvalue weighted by molar-refractivity contribution is 7.09. The summed E-state index contributed by atoms with van der Waals surface area (Å²) in [5, 5.41) is 19.7. The van der Waals surface area contributed by atoms with Crippen LogP contribution in [-0.4, -0.2) is 64.8 Å². The first-order valence-electron chi connectivity index (χ1n) is 12.0. The van der Waals surface area contributed by atoms with Gasteiger partial charge >= 0.3 is 0 Å². The molecule has 0 radical (unpaired) electrons. The van der Waals surface area contributed by atoms with Gasteiger partial charge in [-0.1, -0.05) is 36.4 Å². The molecule has 4 rings (SSSR count). The number of hydrogen-bond acceptors (Lipinski definition) is 6. The maximum atomic E-state index is 13.8. The van der Waals surface area contributed by atoms with Crippen molar-refractivity contribution >= 4 is 23.2 Å². The molecule has 0 spiro atoms. The van der Waals surface area contributed by atoms with Gasteiger partial charge in [0, 0.05) is 41.8 Å². The van der Waals surface area contributed by atoms with Crippen LogP contribution >= 0.6 is 11.3 Å². The molecule has 36 heavy (non-hydrogen) atoms. The maximum Gasteiger partial charge on any atom is 0.253 e. The van der Waals surface area contributed by atoms with Crippen molar-refractivity contribution in [3.63, 3.8) is 0 Å². The molecule has 1 fully saturated rings. The van der Waals surface area contributed by atoms with Crippen LogP contribution in [0.15, 0.2) is 60.0 Å². The molecule has 3 aromatic rings. The molecule has 190 valence electrons. The monoisotopic (exact) mass is 510 g/mol. The van der Waals surface area contributed by atoms with Crippen LogP contribution in [0.5, 0.6) is 0 Å². The van der Waals surface area contributed by atoms with Gasteiger partial charge in [0.05, 0.1) is 18.7 Å². The van der Waals surface area contributed by atoms with E-state index < -0.39 is 30.3 Å². The Labute approximate surface area is 214 Å². The zero-order valence-electron chi connectivity index (χ0n) is 20.4. The lowest BCUT2D eigenvalue weighted by Gasteiger charge is -2.28. The number of nitrogens with zero attached hydrogens (tertiary/aromatic N) is 2. The largest absolute Gasteiger partial charge is 0.389 e. The predicted molar refractivity (Wildman–Crippen MR) is 138 cm³/mol. The Kier molecular flexibility index (Phi) is 8.45. The van der Waals surface area contributed by atoms with E-state index in [2.05, 4.69) is 15.6 Å². The lowest BCUT2D eigenvalue weighted by molar-refractivity contribution is 0.0729. The summed E-state index contributed by atoms with van der Waals surface area (Å²) in [5.41, 5.74) is 2.56. The third kappa shape index (κ3) is 6.54. The molecule has 1 aliphatic rings. The number of thiazole rings is 1. The number of halogens is 1. The second kappa shape index (κ2) is 11.7. The lowest BCUT2D eigenvalue weighted by atomic mass is 9.95. The van der Waals surface area contributed by atoms with E-state index in [0.717, 1.165) is 16.3 Å². The van der Waals surface area contributed by atoms with E-state index in [-0.39, 0.29) is 18.9 Å². The van der Waals surface area contributed by atoms with Gasteiger partial charge in [-0.05, 0) is 43.5 Å². The van der Waals surface area contributed by atoms with Crippen LogP contribution in [0.25, 0.3) is 0 Å². The van der Waals surface area contributed by atoms with E-state index in [1.165, 1.54) is 11.3 Å². The number of nitrogens with one attached hydrogen (secondary N) is 2. The Morgan fingerprint density at radius 2 is 1.97 bits per heavy atom. The first-order chi connectivity index (χ1) is 17.3. The van der Waals surface area contributed by atoms with E-state index in [4.69, 9.17) is 0 Å². The van der Waals surface area contributed by atoms with Crippen molar-refractivity contribution in [2.75, 3.05) is 13.6 Å². The molecule has 2 aromatic carbocycles. The van der Waals surface area contributed by atoms with Crippen molar-refractivity contribution in [3.05, 3.63) is 87.4 Å². The summed E-state index contributed by atoms with van der Waals surface area (Å²) in [6, 6.07) is 15.0. The fraction of sp³-hybridized carbons (Fsp3) is 0.370. The topological polar surface area (TPSA) is 94.6 Å². The average Bonchev–Trinajstić information content (AvgIpc) is 3.50. The summed E-state index contributed by atoms with van der Waals surface area (Å²) in [4.78, 5) is 32.2. The van der Waals surface area contributed by atoms with Crippen molar-refractivity contribution in [1.82, 2.24) is 20.5 Å². The van der Waals surface area contributed by atoms with Gasteiger partial charge in [-0.3, -0.25) is 9.59 Å². The highest BCUT2D eigenvalue weighted by atomic mass is 32.1. The average molecular weight is 511 g/mol. The summed E-state index contributed by atoms with van der Waals surface area (Å²) in [6.07, 6.45) is -1.42. The third-order valence-corrected chi connectivity index (χ3v) is 7.26. The van der Waals surface area contributed by atoms with Crippen LogP contribution in [0, 0.1) is 6.92 Å². The summed E-state index contributed by atoms with van der Waals surface area (Å²) in [5.74, 6) is -0.625. The lowest BCUT2D eigenvalue weighted by Crippen LogP contribution is -2.52. The van der Waals surface area contributed by atoms with Crippen LogP contribution in [0.1, 0.15) is 43.4 Å². The third-order valence-electron chi connectivity index (χ3n) is 6.31. The molecule has 1 aliphatic heterocycles. The van der Waals surface area contributed by atoms with Crippen LogP contribution < -0.4 is 10.6 Å². The minimum absolute atomic E-state index is 0.186. The summed E-state index contributed by atoms with van der Waals surface area (Å²) in [7, 11) is 1.70. The normalized spacial score (nSPS) is 19.0. The Balaban J connectivity index is 1.48. The van der Waals surface area contributed by atoms with Crippen LogP contribution in [0.3, 0.4) is 0 Å². The molecular formula is C27H31FN4O3S. The van der Waals surface area contributed by atoms with Gasteiger partial charge in [0.15, 0.2) is 0 Å². The standard InChI is InChI=1S/C27H31FN4O3S/c1-17-16-36-24(30-17)15-32(2)27(35)20-10-6-9-19(12-20)26(34)31-23(11-18-7-4-3-5-8-18)25(33)22-13-21(28)14-29-22/h3-10,12,16,21-23,25,29,33H,11,13-15H2,1-2H3,(H,31,34). The van der Waals surface area contributed by atoms with E-state index in [0.29, 0.717) is 24.1 Å². The van der Waals surface area contributed by atoms with Gasteiger partial charge in [-0.2, -0.15) is 0 Å². The number of hydrogen-bond donors (Lipinski definition) is 3. The molecule has 0 saturated carbocycles. The van der Waals surface area contributed by atoms with Crippen molar-refractivity contribution in [3.8, 4) is 0 Å². The number of rotatable bonds is 9. The number of aliphatic hydroxyl groups is 1. The number of aliphatic hydroxyl groups excluding tert-OH is 1. The molecule has 0 bridgehead atoms. The van der Waals surface area contributed by atoms with Crippen molar-refractivity contribution < 1.29 is 19.1 Å². The summed E-state index contributed by atoms with van der Waals surface area (Å²) >= 11 is 1.50. The molecule has 9 heteroatoms. The Morgan fingerprint density at radius 3 is 2.64 bits per heavy atom. The Morgan fingerprint density at radius 1 is 1.22 bits per heavy atom. The van der Waals surface area contributed by atoms with E-state index in [1.807, 2.05) is 42.6 Å². The second-order valence-electron chi connectivity index (χ2n) is 9.23. The van der Waals surface area contributed by atoms with Crippen LogP contribution in [0.4, 0.5) is 4.39 Å². The van der Waals surface area contributed by atoms with E-state index >= 15 is 0 Å². The Bertz CT molecular complexity index is 1190. The predicted octanol–water partition coefficient (Wildman–Crippen LogP) is 3.13. The van der Waals surface area contributed by atoms with Gasteiger partial charge < -0.3 is 20.6 Å². The van der Waals surface area contributed by atoms with Crippen molar-refractivity contribution in [1.29, 1.82) is 0 Å². The molecule has 1 saturated heterocycles. The summed E-state index contributed by atoms with van der Waals surface area (Å²) < 4.78 is 13.8. The molecule has 3 N–H and O–H groups in total. The number of carbonyl (C=O) groups is 2. The van der Waals surface area contributed by atoms with Gasteiger partial charge in [0.2, 0.25) is 0 Å². The number of amides is 2. The number of aromatic nitrogens is 1. The maximum absolute atomic E-state index is 13.8. The zero-order valence-corrected chi connectivity index (χ0v) is 21.2. The van der Waals surface area contributed by atoms with Gasteiger partial charge in [-0.25, -0.2) is 9.37 Å². The molecule has 4 unspecified atom stereocenters. The fourth-order valence-corrected chi connectivity index (χ4v) is 5.23. The molecule has 1 aromatic heterocycles. The minimum atomic E-state index is -1.02. The highest BCUT2D eigenvalue weighted by Gasteiger charge is 2.35. The van der Waals surface area contributed by atoms with Crippen molar-refractivity contribution in [2.24, 2.45) is 0 Å². The zero-order chi connectivity index (χ0) is 25.7. The minimum Gasteiger partial charge on any atom is -0.389 e. The Hall–Kier alpha value is -3.14. The first kappa shape index (κ1) is 25.9. The molecule has 4 atom stereocenters. The smallest absolute Gasteiger partial charge is 0.253 e. The number of benzene rings is 2.